The van der Waals surface area contributed by atoms with Crippen LogP contribution in [0.4, 0.5) is 22.7 Å². The summed E-state index contributed by atoms with van der Waals surface area (Å²) < 4.78 is 85.9. The third kappa shape index (κ3) is 5.84. The van der Waals surface area contributed by atoms with Crippen LogP contribution in [0.1, 0.15) is 12.3 Å². The average molecular weight is 884 g/mol. The van der Waals surface area contributed by atoms with Crippen LogP contribution in [0.2, 0.25) is 0 Å². The smallest absolute Gasteiger partial charge is 0.135 e. The molecule has 7 aromatic carbocycles. The first kappa shape index (κ1) is 24.8. The Bertz CT molecular complexity index is 3260. The first-order valence-electron chi connectivity index (χ1n) is 21.4. The SMILES string of the molecule is [2H]c1cc(-c2cccc(-c3c([2H])c([2H])c([2H])c([2H])c3[2H])c2N2[CH-]N(c3[c-]c(Oc4[c-]c5c(cc4)c4ccccc4n5-c4ccccn4)ccc3)c3ccccc32)c([2H])c([2H])c1[2H].[Pt]. The molecule has 9 aromatic rings. The Balaban J connectivity index is 0.00000504. The quantitative estimate of drug-likeness (QED) is 0.149. The number of aromatic nitrogens is 2. The van der Waals surface area contributed by atoms with Gasteiger partial charge in [0.15, 0.2) is 0 Å². The maximum Gasteiger partial charge on any atom is 0.135 e. The van der Waals surface area contributed by atoms with Crippen LogP contribution >= 0.6 is 0 Å². The Labute approximate surface area is 341 Å². The van der Waals surface area contributed by atoms with Crippen molar-refractivity contribution in [2.24, 2.45) is 0 Å². The van der Waals surface area contributed by atoms with Gasteiger partial charge in [-0.25, -0.2) is 4.98 Å². The summed E-state index contributed by atoms with van der Waals surface area (Å²) in [6, 6.07) is 40.3. The number of hydrogen-bond acceptors (Lipinski definition) is 4. The number of anilines is 4. The van der Waals surface area contributed by atoms with E-state index >= 15 is 0 Å². The van der Waals surface area contributed by atoms with Gasteiger partial charge in [-0.2, -0.15) is 12.1 Å². The summed E-state index contributed by atoms with van der Waals surface area (Å²) in [6.45, 7) is 1.78. The molecule has 0 aliphatic carbocycles. The summed E-state index contributed by atoms with van der Waals surface area (Å²) >= 11 is 0. The Morgan fingerprint density at radius 1 is 0.574 bits per heavy atom. The molecule has 0 spiro atoms. The Hall–Kier alpha value is -6.42. The second kappa shape index (κ2) is 14.2. The standard InChI is InChI=1S/C48H31N4O.Pt/c1-3-15-34(16-4-1)39-22-14-23-40(35-17-5-2-6-18-35)48(39)51-33-50(44-25-9-10-26-45(44)51)36-19-13-20-37(31-36)53-38-28-29-42-41-21-7-8-24-43(41)52(46(42)32-38)47-27-11-12-30-49-47;/h1-30,33H;/q-3;/i1D,2D,3D,4D,5D,6D,15D,16D,17D;. The van der Waals surface area contributed by atoms with Crippen molar-refractivity contribution in [2.45, 2.75) is 0 Å². The zero-order valence-corrected chi connectivity index (χ0v) is 30.5. The van der Waals surface area contributed by atoms with E-state index in [1.165, 1.54) is 6.07 Å². The molecule has 0 amide bonds. The van der Waals surface area contributed by atoms with Crippen LogP contribution in [0.25, 0.3) is 49.9 Å². The van der Waals surface area contributed by atoms with Crippen molar-refractivity contribution < 1.29 is 38.1 Å². The summed E-state index contributed by atoms with van der Waals surface area (Å²) in [4.78, 5) is 8.32. The molecule has 0 radical (unpaired) electrons. The number of ether oxygens (including phenoxy) is 1. The molecule has 262 valence electrons. The van der Waals surface area contributed by atoms with Gasteiger partial charge in [-0.3, -0.25) is 0 Å². The summed E-state index contributed by atoms with van der Waals surface area (Å²) in [6.07, 6.45) is 1.75. The summed E-state index contributed by atoms with van der Waals surface area (Å²) in [5.74, 6) is 1.61. The fraction of sp³-hybridized carbons (Fsp3) is 0. The van der Waals surface area contributed by atoms with Crippen LogP contribution < -0.4 is 14.5 Å². The molecule has 3 heterocycles. The second-order valence-corrected chi connectivity index (χ2v) is 12.3. The topological polar surface area (TPSA) is 33.5 Å². The normalized spacial score (nSPS) is 14.5. The Morgan fingerprint density at radius 2 is 1.28 bits per heavy atom. The molecular formula is C48H31N4OPt-3. The van der Waals surface area contributed by atoms with Crippen molar-refractivity contribution in [3.05, 3.63) is 201 Å². The van der Waals surface area contributed by atoms with Crippen LogP contribution in [0.3, 0.4) is 0 Å². The second-order valence-electron chi connectivity index (χ2n) is 12.3. The maximum atomic E-state index is 8.96. The van der Waals surface area contributed by atoms with Crippen molar-refractivity contribution in [3.63, 3.8) is 0 Å². The molecule has 1 aliphatic heterocycles. The molecule has 54 heavy (non-hydrogen) atoms. The molecule has 0 N–H and O–H groups in total. The third-order valence-corrected chi connectivity index (χ3v) is 9.18. The minimum Gasteiger partial charge on any atom is -0.509 e. The van der Waals surface area contributed by atoms with E-state index in [4.69, 9.17) is 17.1 Å². The van der Waals surface area contributed by atoms with Gasteiger partial charge in [0.2, 0.25) is 0 Å². The molecule has 6 heteroatoms. The van der Waals surface area contributed by atoms with Crippen LogP contribution in [-0.4, -0.2) is 9.55 Å². The zero-order valence-electron chi connectivity index (χ0n) is 37.2. The minimum absolute atomic E-state index is 0. The molecule has 0 fully saturated rings. The van der Waals surface area contributed by atoms with E-state index in [0.717, 1.165) is 27.6 Å². The Kier molecular flexibility index (Phi) is 6.50. The van der Waals surface area contributed by atoms with E-state index < -0.39 is 42.3 Å². The van der Waals surface area contributed by atoms with Gasteiger partial charge in [-0.15, -0.1) is 48.1 Å². The number of para-hydroxylation sites is 4. The monoisotopic (exact) mass is 883 g/mol. The van der Waals surface area contributed by atoms with Crippen molar-refractivity contribution >= 4 is 44.6 Å². The number of rotatable bonds is 7. The van der Waals surface area contributed by atoms with Crippen LogP contribution in [0, 0.1) is 18.8 Å². The largest absolute Gasteiger partial charge is 0.509 e. The summed E-state index contributed by atoms with van der Waals surface area (Å²) in [7, 11) is 0. The van der Waals surface area contributed by atoms with E-state index in [-0.39, 0.29) is 49.8 Å². The molecule has 1 aliphatic rings. The van der Waals surface area contributed by atoms with Gasteiger partial charge in [0.1, 0.15) is 5.82 Å². The fourth-order valence-electron chi connectivity index (χ4n) is 6.92. The molecule has 10 rings (SSSR count). The van der Waals surface area contributed by atoms with Crippen LogP contribution in [0.15, 0.2) is 182 Å². The number of fused-ring (bicyclic) bond motifs is 4. The van der Waals surface area contributed by atoms with E-state index in [0.29, 0.717) is 39.8 Å². The van der Waals surface area contributed by atoms with Crippen LogP contribution in [-0.2, 0) is 21.1 Å². The molecule has 0 unspecified atom stereocenters. The number of hydrogen-bond donors (Lipinski definition) is 0. The van der Waals surface area contributed by atoms with Gasteiger partial charge in [0.05, 0.1) is 12.3 Å². The first-order chi connectivity index (χ1) is 30.0. The van der Waals surface area contributed by atoms with Gasteiger partial charge in [-0.05, 0) is 46.8 Å². The number of nitrogens with zero attached hydrogens (tertiary/aromatic N) is 4. The molecule has 2 aromatic heterocycles. The van der Waals surface area contributed by atoms with E-state index in [1.807, 2.05) is 94.7 Å². The van der Waals surface area contributed by atoms with Gasteiger partial charge in [0, 0.05) is 72.5 Å². The number of benzene rings is 7. The molecule has 0 saturated carbocycles. The van der Waals surface area contributed by atoms with E-state index in [2.05, 4.69) is 27.8 Å². The number of pyridine rings is 1. The Morgan fingerprint density at radius 3 is 2.11 bits per heavy atom. The van der Waals surface area contributed by atoms with Gasteiger partial charge >= 0.3 is 0 Å². The predicted molar refractivity (Wildman–Crippen MR) is 215 cm³/mol. The van der Waals surface area contributed by atoms with Crippen molar-refractivity contribution in [3.8, 4) is 39.6 Å². The van der Waals surface area contributed by atoms with Crippen LogP contribution in [0.5, 0.6) is 11.5 Å². The van der Waals surface area contributed by atoms with Crippen molar-refractivity contribution in [1.29, 1.82) is 0 Å². The van der Waals surface area contributed by atoms with Crippen molar-refractivity contribution in [1.82, 2.24) is 9.55 Å². The van der Waals surface area contributed by atoms with Gasteiger partial charge in [0.25, 0.3) is 0 Å². The third-order valence-electron chi connectivity index (χ3n) is 9.18. The van der Waals surface area contributed by atoms with E-state index in [1.54, 1.807) is 37.1 Å². The summed E-state index contributed by atoms with van der Waals surface area (Å²) in [5.41, 5.74) is 4.79. The van der Waals surface area contributed by atoms with Gasteiger partial charge in [-0.1, -0.05) is 121 Å². The zero-order chi connectivity index (χ0) is 43.0. The van der Waals surface area contributed by atoms with E-state index in [9.17, 15) is 0 Å². The first-order valence-corrected chi connectivity index (χ1v) is 16.9. The molecule has 0 bridgehead atoms. The minimum atomic E-state index is -0.534. The molecule has 0 saturated heterocycles. The average Bonchev–Trinajstić information content (AvgIpc) is 3.84. The van der Waals surface area contributed by atoms with Crippen molar-refractivity contribution in [2.75, 3.05) is 9.80 Å². The predicted octanol–water partition coefficient (Wildman–Crippen LogP) is 12.3. The molecule has 5 nitrogen and oxygen atoms in total. The molecule has 0 atom stereocenters. The summed E-state index contributed by atoms with van der Waals surface area (Å²) in [5, 5.41) is 2.05. The molecular weight excluding hydrogens is 844 g/mol. The fourth-order valence-corrected chi connectivity index (χ4v) is 6.92. The van der Waals surface area contributed by atoms with Gasteiger partial charge < -0.3 is 19.1 Å². The maximum absolute atomic E-state index is 8.96.